The van der Waals surface area contributed by atoms with Crippen molar-refractivity contribution >= 4 is 44.9 Å². The summed E-state index contributed by atoms with van der Waals surface area (Å²) in [7, 11) is 0. The quantitative estimate of drug-likeness (QED) is 0.135. The number of anilines is 6. The zero-order valence-corrected chi connectivity index (χ0v) is 37.0. The molecule has 11 aromatic rings. The molecule has 0 heterocycles. The van der Waals surface area contributed by atoms with Crippen molar-refractivity contribution in [1.29, 1.82) is 0 Å². The van der Waals surface area contributed by atoms with E-state index in [0.29, 0.717) is 0 Å². The third-order valence-electron chi connectivity index (χ3n) is 13.5. The van der Waals surface area contributed by atoms with E-state index in [2.05, 4.69) is 289 Å². The maximum atomic E-state index is 2.51. The molecule has 67 heavy (non-hydrogen) atoms. The number of benzene rings is 11. The number of rotatable bonds is 10. The van der Waals surface area contributed by atoms with Crippen LogP contribution in [0.25, 0.3) is 44.2 Å². The molecule has 0 N–H and O–H groups in total. The van der Waals surface area contributed by atoms with E-state index in [1.165, 1.54) is 66.4 Å². The Kier molecular flexibility index (Phi) is 10.1. The highest BCUT2D eigenvalue weighted by Crippen LogP contribution is 2.60. The fourth-order valence-corrected chi connectivity index (χ4v) is 10.5. The van der Waals surface area contributed by atoms with Crippen LogP contribution in [0.5, 0.6) is 0 Å². The molecule has 0 aliphatic heterocycles. The first-order chi connectivity index (χ1) is 33.3. The summed E-state index contributed by atoms with van der Waals surface area (Å²) < 4.78 is 0. The molecule has 0 fully saturated rings. The molecule has 2 nitrogen and oxygen atoms in total. The predicted molar refractivity (Wildman–Crippen MR) is 281 cm³/mol. The van der Waals surface area contributed by atoms with Gasteiger partial charge in [0.15, 0.2) is 0 Å². The zero-order chi connectivity index (χ0) is 44.6. The van der Waals surface area contributed by atoms with Crippen LogP contribution in [0.3, 0.4) is 0 Å². The van der Waals surface area contributed by atoms with Gasteiger partial charge in [-0.3, -0.25) is 0 Å². The lowest BCUT2D eigenvalue weighted by molar-refractivity contribution is 0.769. The Morgan fingerprint density at radius 3 is 1.13 bits per heavy atom. The molecule has 0 unspecified atom stereocenters. The molecule has 0 spiro atoms. The van der Waals surface area contributed by atoms with Crippen molar-refractivity contribution in [1.82, 2.24) is 0 Å². The van der Waals surface area contributed by atoms with Gasteiger partial charge in [-0.1, -0.05) is 212 Å². The van der Waals surface area contributed by atoms with E-state index in [1.807, 2.05) is 0 Å². The average molecular weight is 855 g/mol. The normalized spacial score (nSPS) is 12.3. The van der Waals surface area contributed by atoms with Crippen molar-refractivity contribution in [3.05, 3.63) is 301 Å². The van der Waals surface area contributed by atoms with Crippen LogP contribution in [0.4, 0.5) is 34.1 Å². The molecule has 0 amide bonds. The minimum absolute atomic E-state index is 0.680. The Bertz CT molecular complexity index is 3430. The summed E-state index contributed by atoms with van der Waals surface area (Å²) in [5.74, 6) is 0. The first kappa shape index (κ1) is 39.8. The van der Waals surface area contributed by atoms with E-state index >= 15 is 0 Å². The highest BCUT2D eigenvalue weighted by atomic mass is 15.1. The summed E-state index contributed by atoms with van der Waals surface area (Å²) in [4.78, 5) is 4.85. The minimum Gasteiger partial charge on any atom is -0.310 e. The number of hydrogen-bond acceptors (Lipinski definition) is 2. The molecule has 316 valence electrons. The highest BCUT2D eigenvalue weighted by Gasteiger charge is 2.48. The minimum atomic E-state index is -0.680. The maximum absolute atomic E-state index is 2.51. The molecular formula is C65H46N2. The molecule has 0 saturated heterocycles. The van der Waals surface area contributed by atoms with Gasteiger partial charge >= 0.3 is 0 Å². The fourth-order valence-electron chi connectivity index (χ4n) is 10.5. The summed E-state index contributed by atoms with van der Waals surface area (Å²) in [5.41, 5.74) is 18.1. The van der Waals surface area contributed by atoms with Gasteiger partial charge in [0.25, 0.3) is 0 Å². The number of fused-ring (bicyclic) bond motifs is 5. The summed E-state index contributed by atoms with van der Waals surface area (Å²) >= 11 is 0. The van der Waals surface area contributed by atoms with Crippen LogP contribution in [0, 0.1) is 0 Å². The Balaban J connectivity index is 1.12. The molecule has 12 rings (SSSR count). The first-order valence-electron chi connectivity index (χ1n) is 23.1. The topological polar surface area (TPSA) is 6.48 Å². The number of para-hydroxylation sites is 2. The highest BCUT2D eigenvalue weighted by molar-refractivity contribution is 6.11. The van der Waals surface area contributed by atoms with E-state index < -0.39 is 5.41 Å². The Morgan fingerprint density at radius 2 is 0.627 bits per heavy atom. The van der Waals surface area contributed by atoms with Crippen LogP contribution >= 0.6 is 0 Å². The fraction of sp³-hybridized carbons (Fsp3) is 0.0154. The van der Waals surface area contributed by atoms with Crippen molar-refractivity contribution < 1.29 is 0 Å². The van der Waals surface area contributed by atoms with Crippen molar-refractivity contribution in [2.45, 2.75) is 5.41 Å². The van der Waals surface area contributed by atoms with Gasteiger partial charge in [0, 0.05) is 33.8 Å². The van der Waals surface area contributed by atoms with Gasteiger partial charge in [0.1, 0.15) is 0 Å². The molecule has 2 heteroatoms. The SMILES string of the molecule is c1ccc(-c2ccc(N(c3ccccc3)c3ccc4c(c3)C(c3ccccc3)(c3ccccc3)c3cc(N(c5ccccc5)c5ccc(-c6ccccc6)cc5)c5ccccc5c3-4)cc2)cc1. The van der Waals surface area contributed by atoms with Crippen LogP contribution in [0.15, 0.2) is 279 Å². The third-order valence-corrected chi connectivity index (χ3v) is 13.5. The lowest BCUT2D eigenvalue weighted by Crippen LogP contribution is -2.29. The van der Waals surface area contributed by atoms with Crippen molar-refractivity contribution in [2.24, 2.45) is 0 Å². The second-order valence-electron chi connectivity index (χ2n) is 17.2. The molecule has 0 radical (unpaired) electrons. The molecule has 0 atom stereocenters. The summed E-state index contributed by atoms with van der Waals surface area (Å²) in [5, 5.41) is 2.41. The van der Waals surface area contributed by atoms with Crippen molar-refractivity contribution in [3.63, 3.8) is 0 Å². The van der Waals surface area contributed by atoms with Crippen molar-refractivity contribution in [2.75, 3.05) is 9.80 Å². The average Bonchev–Trinajstić information content (AvgIpc) is 3.71. The van der Waals surface area contributed by atoms with E-state index in [-0.39, 0.29) is 0 Å². The van der Waals surface area contributed by atoms with Gasteiger partial charge in [-0.2, -0.15) is 0 Å². The van der Waals surface area contributed by atoms with Crippen molar-refractivity contribution in [3.8, 4) is 33.4 Å². The van der Waals surface area contributed by atoms with E-state index in [9.17, 15) is 0 Å². The monoisotopic (exact) mass is 854 g/mol. The Hall–Kier alpha value is -8.72. The zero-order valence-electron chi connectivity index (χ0n) is 37.0. The van der Waals surface area contributed by atoms with E-state index in [0.717, 1.165) is 34.1 Å². The van der Waals surface area contributed by atoms with E-state index in [1.54, 1.807) is 0 Å². The number of nitrogens with zero attached hydrogens (tertiary/aromatic N) is 2. The van der Waals surface area contributed by atoms with Crippen LogP contribution in [0.2, 0.25) is 0 Å². The second kappa shape index (κ2) is 17.0. The first-order valence-corrected chi connectivity index (χ1v) is 23.1. The van der Waals surface area contributed by atoms with Crippen LogP contribution < -0.4 is 9.80 Å². The van der Waals surface area contributed by atoms with Gasteiger partial charge in [-0.05, 0) is 128 Å². The van der Waals surface area contributed by atoms with Crippen LogP contribution in [-0.4, -0.2) is 0 Å². The second-order valence-corrected chi connectivity index (χ2v) is 17.2. The third kappa shape index (κ3) is 6.90. The molecule has 0 saturated carbocycles. The Morgan fingerprint density at radius 1 is 0.254 bits per heavy atom. The molecule has 0 aromatic heterocycles. The lowest BCUT2D eigenvalue weighted by atomic mass is 9.67. The molecule has 1 aliphatic rings. The summed E-state index contributed by atoms with van der Waals surface area (Å²) in [6.45, 7) is 0. The largest absolute Gasteiger partial charge is 0.310 e. The molecular weight excluding hydrogens is 809 g/mol. The summed E-state index contributed by atoms with van der Waals surface area (Å²) in [6, 6.07) is 102. The maximum Gasteiger partial charge on any atom is 0.0715 e. The lowest BCUT2D eigenvalue weighted by Gasteiger charge is -2.36. The van der Waals surface area contributed by atoms with Gasteiger partial charge < -0.3 is 9.80 Å². The standard InChI is InChI=1S/C65H46N2/c1-7-21-47(22-8-1)49-35-39-55(40-36-49)66(53-29-15-5-16-30-53)57-43-44-60-61(45-57)65(51-25-11-3-12-26-51,52-27-13-4-14-28-52)62-46-63(58-33-19-20-34-59(58)64(60)62)67(54-31-17-6-18-32-54)56-41-37-50(38-42-56)48-23-9-2-10-24-48/h1-46H. The van der Waals surface area contributed by atoms with Gasteiger partial charge in [-0.25, -0.2) is 0 Å². The smallest absolute Gasteiger partial charge is 0.0715 e. The van der Waals surface area contributed by atoms with Crippen LogP contribution in [-0.2, 0) is 5.41 Å². The Labute approximate surface area is 393 Å². The van der Waals surface area contributed by atoms with Gasteiger partial charge in [-0.15, -0.1) is 0 Å². The van der Waals surface area contributed by atoms with Gasteiger partial charge in [0.05, 0.1) is 11.1 Å². The number of hydrogen-bond donors (Lipinski definition) is 0. The summed E-state index contributed by atoms with van der Waals surface area (Å²) in [6.07, 6.45) is 0. The predicted octanol–water partition coefficient (Wildman–Crippen LogP) is 17.5. The van der Waals surface area contributed by atoms with Crippen LogP contribution in [0.1, 0.15) is 22.3 Å². The van der Waals surface area contributed by atoms with Gasteiger partial charge in [0.2, 0.25) is 0 Å². The molecule has 1 aliphatic carbocycles. The molecule has 0 bridgehead atoms. The van der Waals surface area contributed by atoms with E-state index in [4.69, 9.17) is 0 Å². The molecule has 11 aromatic carbocycles.